The van der Waals surface area contributed by atoms with Crippen molar-refractivity contribution in [3.63, 3.8) is 0 Å². The number of hydrogen-bond donors (Lipinski definition) is 4. The minimum absolute atomic E-state index is 0.0130. The molecule has 0 saturated carbocycles. The molecule has 1 aromatic rings. The van der Waals surface area contributed by atoms with E-state index in [4.69, 9.17) is 0 Å². The minimum Gasteiger partial charge on any atom is -0.376 e. The third kappa shape index (κ3) is 6.55. The molecular weight excluding hydrogens is 329 g/mol. The van der Waals surface area contributed by atoms with Crippen LogP contribution < -0.4 is 21.3 Å². The van der Waals surface area contributed by atoms with Crippen molar-refractivity contribution < 1.29 is 27.6 Å². The predicted octanol–water partition coefficient (Wildman–Crippen LogP) is 1.15. The molecule has 10 heteroatoms. The van der Waals surface area contributed by atoms with Crippen LogP contribution in [0.15, 0.2) is 18.2 Å². The van der Waals surface area contributed by atoms with Crippen molar-refractivity contribution >= 4 is 23.5 Å². The normalized spacial score (nSPS) is 10.7. The summed E-state index contributed by atoms with van der Waals surface area (Å²) in [5, 5.41) is 8.73. The number of imide groups is 1. The quantitative estimate of drug-likeness (QED) is 0.643. The summed E-state index contributed by atoms with van der Waals surface area (Å²) in [5.41, 5.74) is 1.08. The number of alkyl halides is 3. The van der Waals surface area contributed by atoms with E-state index < -0.39 is 30.6 Å². The summed E-state index contributed by atoms with van der Waals surface area (Å²) in [6, 6.07) is 3.56. The summed E-state index contributed by atoms with van der Waals surface area (Å²) < 4.78 is 36.3. The van der Waals surface area contributed by atoms with E-state index in [1.54, 1.807) is 12.2 Å². The maximum Gasteiger partial charge on any atom is 0.405 e. The zero-order valence-corrected chi connectivity index (χ0v) is 13.0. The number of aryl methyl sites for hydroxylation is 1. The Morgan fingerprint density at radius 2 is 1.83 bits per heavy atom. The van der Waals surface area contributed by atoms with E-state index in [9.17, 15) is 27.6 Å². The second-order valence-electron chi connectivity index (χ2n) is 4.81. The van der Waals surface area contributed by atoms with Crippen molar-refractivity contribution in [2.24, 2.45) is 0 Å². The first kappa shape index (κ1) is 19.3. The number of carbonyl (C=O) groups excluding carboxylic acids is 3. The van der Waals surface area contributed by atoms with E-state index in [2.05, 4.69) is 10.6 Å². The van der Waals surface area contributed by atoms with Crippen LogP contribution in [0.25, 0.3) is 0 Å². The van der Waals surface area contributed by atoms with Gasteiger partial charge in [0.15, 0.2) is 0 Å². The van der Waals surface area contributed by atoms with Gasteiger partial charge in [0.25, 0.3) is 5.91 Å². The number of rotatable bonds is 5. The lowest BCUT2D eigenvalue weighted by Crippen LogP contribution is -2.40. The molecule has 4 N–H and O–H groups in total. The van der Waals surface area contributed by atoms with Gasteiger partial charge >= 0.3 is 12.2 Å². The van der Waals surface area contributed by atoms with E-state index in [-0.39, 0.29) is 12.1 Å². The summed E-state index contributed by atoms with van der Waals surface area (Å²) >= 11 is 0. The molecule has 0 bridgehead atoms. The number of nitrogens with one attached hydrogen (secondary N) is 4. The molecule has 0 spiro atoms. The van der Waals surface area contributed by atoms with Crippen LogP contribution >= 0.6 is 0 Å². The van der Waals surface area contributed by atoms with Gasteiger partial charge in [-0.05, 0) is 24.6 Å². The van der Waals surface area contributed by atoms with Crippen molar-refractivity contribution in [1.82, 2.24) is 16.0 Å². The number of anilines is 1. The first-order chi connectivity index (χ1) is 11.1. The molecule has 0 radical (unpaired) electrons. The Labute approximate surface area is 136 Å². The largest absolute Gasteiger partial charge is 0.405 e. The van der Waals surface area contributed by atoms with Gasteiger partial charge in [-0.15, -0.1) is 0 Å². The molecule has 0 saturated heterocycles. The molecule has 0 aliphatic rings. The zero-order chi connectivity index (χ0) is 18.3. The molecule has 1 aromatic carbocycles. The zero-order valence-electron chi connectivity index (χ0n) is 13.0. The highest BCUT2D eigenvalue weighted by molar-refractivity contribution is 5.97. The van der Waals surface area contributed by atoms with Gasteiger partial charge in [-0.1, -0.05) is 6.07 Å². The van der Waals surface area contributed by atoms with Crippen LogP contribution in [0.4, 0.5) is 23.7 Å². The van der Waals surface area contributed by atoms with Crippen LogP contribution in [0.2, 0.25) is 0 Å². The van der Waals surface area contributed by atoms with Crippen molar-refractivity contribution in [3.05, 3.63) is 29.3 Å². The molecule has 132 valence electrons. The Hall–Kier alpha value is -2.78. The Morgan fingerprint density at radius 1 is 1.17 bits per heavy atom. The number of benzene rings is 1. The molecule has 0 unspecified atom stereocenters. The smallest absolute Gasteiger partial charge is 0.376 e. The second kappa shape index (κ2) is 8.18. The first-order valence-electron chi connectivity index (χ1n) is 6.83. The molecule has 0 atom stereocenters. The van der Waals surface area contributed by atoms with E-state index in [1.165, 1.54) is 25.2 Å². The van der Waals surface area contributed by atoms with Crippen molar-refractivity contribution in [1.29, 1.82) is 0 Å². The van der Waals surface area contributed by atoms with E-state index in [0.29, 0.717) is 11.3 Å². The third-order valence-corrected chi connectivity index (χ3v) is 2.87. The van der Waals surface area contributed by atoms with Gasteiger partial charge in [0.1, 0.15) is 6.54 Å². The fourth-order valence-corrected chi connectivity index (χ4v) is 1.65. The van der Waals surface area contributed by atoms with Crippen LogP contribution in [0.1, 0.15) is 15.9 Å². The molecule has 0 heterocycles. The van der Waals surface area contributed by atoms with E-state index in [1.807, 2.05) is 5.32 Å². The van der Waals surface area contributed by atoms with Gasteiger partial charge in [0.05, 0.1) is 6.54 Å². The molecule has 0 aliphatic heterocycles. The highest BCUT2D eigenvalue weighted by atomic mass is 19.4. The summed E-state index contributed by atoms with van der Waals surface area (Å²) in [6.45, 7) is 0.00920. The fourth-order valence-electron chi connectivity index (χ4n) is 1.65. The maximum atomic E-state index is 12.1. The predicted molar refractivity (Wildman–Crippen MR) is 80.7 cm³/mol. The van der Waals surface area contributed by atoms with Gasteiger partial charge in [0.2, 0.25) is 5.91 Å². The number of carbonyl (C=O) groups is 3. The van der Waals surface area contributed by atoms with E-state index in [0.717, 1.165) is 0 Å². The summed E-state index contributed by atoms with van der Waals surface area (Å²) in [6.07, 6.45) is -4.50. The minimum atomic E-state index is -4.50. The third-order valence-electron chi connectivity index (χ3n) is 2.87. The van der Waals surface area contributed by atoms with Crippen molar-refractivity contribution in [2.75, 3.05) is 25.5 Å². The highest BCUT2D eigenvalue weighted by Gasteiger charge is 2.27. The molecule has 0 aromatic heterocycles. The SMILES string of the molecule is CNC(=O)NC(=O)CNc1cc(C(=O)NCC(F)(F)F)ccc1C. The Morgan fingerprint density at radius 3 is 2.42 bits per heavy atom. The lowest BCUT2D eigenvalue weighted by molar-refractivity contribution is -0.123. The molecule has 0 fully saturated rings. The highest BCUT2D eigenvalue weighted by Crippen LogP contribution is 2.17. The molecule has 0 aliphatic carbocycles. The van der Waals surface area contributed by atoms with Crippen molar-refractivity contribution in [3.8, 4) is 0 Å². The first-order valence-corrected chi connectivity index (χ1v) is 6.83. The Bertz CT molecular complexity index is 632. The fraction of sp³-hybridized carbons (Fsp3) is 0.357. The number of urea groups is 1. The monoisotopic (exact) mass is 346 g/mol. The molecule has 1 rings (SSSR count). The lowest BCUT2D eigenvalue weighted by Gasteiger charge is -2.12. The molecular formula is C14H17F3N4O3. The standard InChI is InChI=1S/C14H17F3N4O3/c1-8-3-4-9(12(23)20-7-14(15,16)17)5-10(8)19-6-11(22)21-13(24)18-2/h3-5,19H,6-7H2,1-2H3,(H,20,23)(H2,18,21,22,24). The Balaban J connectivity index is 2.70. The number of hydrogen-bond acceptors (Lipinski definition) is 4. The topological polar surface area (TPSA) is 99.3 Å². The maximum absolute atomic E-state index is 12.1. The van der Waals surface area contributed by atoms with Gasteiger partial charge in [-0.2, -0.15) is 13.2 Å². The Kier molecular flexibility index (Phi) is 6.57. The van der Waals surface area contributed by atoms with Crippen LogP contribution in [0, 0.1) is 6.92 Å². The van der Waals surface area contributed by atoms with Crippen LogP contribution in [-0.2, 0) is 4.79 Å². The number of amides is 4. The van der Waals surface area contributed by atoms with Crippen LogP contribution in [-0.4, -0.2) is 44.2 Å². The molecule has 7 nitrogen and oxygen atoms in total. The van der Waals surface area contributed by atoms with Gasteiger partial charge in [-0.25, -0.2) is 4.79 Å². The van der Waals surface area contributed by atoms with Gasteiger partial charge in [0, 0.05) is 18.3 Å². The van der Waals surface area contributed by atoms with Crippen LogP contribution in [0.5, 0.6) is 0 Å². The summed E-state index contributed by atoms with van der Waals surface area (Å²) in [7, 11) is 1.35. The van der Waals surface area contributed by atoms with Gasteiger partial charge in [-0.3, -0.25) is 14.9 Å². The van der Waals surface area contributed by atoms with Crippen LogP contribution in [0.3, 0.4) is 0 Å². The molecule has 4 amide bonds. The van der Waals surface area contributed by atoms with E-state index >= 15 is 0 Å². The lowest BCUT2D eigenvalue weighted by atomic mass is 10.1. The summed E-state index contributed by atoms with van der Waals surface area (Å²) in [5.74, 6) is -1.49. The molecule has 24 heavy (non-hydrogen) atoms. The average molecular weight is 346 g/mol. The van der Waals surface area contributed by atoms with Crippen molar-refractivity contribution in [2.45, 2.75) is 13.1 Å². The number of halogens is 3. The summed E-state index contributed by atoms with van der Waals surface area (Å²) in [4.78, 5) is 34.2. The average Bonchev–Trinajstić information content (AvgIpc) is 2.50. The van der Waals surface area contributed by atoms with Gasteiger partial charge < -0.3 is 16.0 Å². The second-order valence-corrected chi connectivity index (χ2v) is 4.81.